The monoisotopic (exact) mass is 314 g/mol. The molecule has 1 amide bonds. The third kappa shape index (κ3) is 2.90. The number of carbonyl (C=O) groups excluding carboxylic acids is 1. The smallest absolute Gasteiger partial charge is 0.248 e. The van der Waals surface area contributed by atoms with E-state index in [2.05, 4.69) is 10.5 Å². The van der Waals surface area contributed by atoms with Crippen molar-refractivity contribution < 1.29 is 9.18 Å². The van der Waals surface area contributed by atoms with Crippen molar-refractivity contribution >= 4 is 23.9 Å². The topological polar surface area (TPSA) is 41.5 Å². The third-order valence-corrected chi connectivity index (χ3v) is 4.52. The second kappa shape index (κ2) is 6.32. The Bertz CT molecular complexity index is 698. The number of hydrazone groups is 1. The first kappa shape index (κ1) is 14.8. The summed E-state index contributed by atoms with van der Waals surface area (Å²) in [6.45, 7) is 0. The van der Waals surface area contributed by atoms with Crippen LogP contribution in [0.25, 0.3) is 0 Å². The fourth-order valence-corrected chi connectivity index (χ4v) is 3.04. The first-order valence-electron chi connectivity index (χ1n) is 6.91. The number of carbonyl (C=O) groups is 1. The van der Waals surface area contributed by atoms with Gasteiger partial charge in [0.15, 0.2) is 0 Å². The van der Waals surface area contributed by atoms with Crippen molar-refractivity contribution in [2.24, 2.45) is 5.10 Å². The van der Waals surface area contributed by atoms with Gasteiger partial charge >= 0.3 is 0 Å². The van der Waals surface area contributed by atoms with Crippen molar-refractivity contribution in [1.82, 2.24) is 5.43 Å². The molecule has 0 bridgehead atoms. The predicted octanol–water partition coefficient (Wildman–Crippen LogP) is 3.53. The largest absolute Gasteiger partial charge is 0.272 e. The van der Waals surface area contributed by atoms with Crippen LogP contribution in [0.2, 0.25) is 0 Å². The lowest BCUT2D eigenvalue weighted by Crippen LogP contribution is -2.34. The summed E-state index contributed by atoms with van der Waals surface area (Å²) in [5.41, 5.74) is 4.30. The standard InChI is InChI=1S/C17H15FN2OS/c1-22-14-8-4-11(5-9-14)15-10-19-20-17(21)16(15)12-2-6-13(18)7-3-12/h2-10,15-16H,1H3,(H,20,21). The fraction of sp³-hybridized carbons (Fsp3) is 0.176. The molecular formula is C17H15FN2OS. The molecular weight excluding hydrogens is 299 g/mol. The molecule has 112 valence electrons. The molecule has 2 aromatic carbocycles. The van der Waals surface area contributed by atoms with Gasteiger partial charge in [-0.3, -0.25) is 4.79 Å². The molecule has 3 rings (SSSR count). The van der Waals surface area contributed by atoms with E-state index >= 15 is 0 Å². The average molecular weight is 314 g/mol. The second-order valence-corrected chi connectivity index (χ2v) is 5.96. The van der Waals surface area contributed by atoms with Gasteiger partial charge in [-0.2, -0.15) is 5.10 Å². The Kier molecular flexibility index (Phi) is 4.24. The molecule has 0 radical (unpaired) electrons. The predicted molar refractivity (Wildman–Crippen MR) is 86.7 cm³/mol. The summed E-state index contributed by atoms with van der Waals surface area (Å²) in [7, 11) is 0. The van der Waals surface area contributed by atoms with Gasteiger partial charge < -0.3 is 0 Å². The van der Waals surface area contributed by atoms with Crippen LogP contribution in [-0.4, -0.2) is 18.4 Å². The Morgan fingerprint density at radius 1 is 1.05 bits per heavy atom. The van der Waals surface area contributed by atoms with Crippen LogP contribution in [0.3, 0.4) is 0 Å². The summed E-state index contributed by atoms with van der Waals surface area (Å²) in [5, 5.41) is 3.95. The van der Waals surface area contributed by atoms with Gasteiger partial charge in [0.1, 0.15) is 5.82 Å². The molecule has 0 aliphatic carbocycles. The first-order valence-corrected chi connectivity index (χ1v) is 8.14. The van der Waals surface area contributed by atoms with Crippen molar-refractivity contribution in [2.45, 2.75) is 16.7 Å². The SMILES string of the molecule is CSc1ccc(C2C=NNC(=O)C2c2ccc(F)cc2)cc1. The van der Waals surface area contributed by atoms with Crippen LogP contribution in [0.4, 0.5) is 4.39 Å². The number of amides is 1. The van der Waals surface area contributed by atoms with Gasteiger partial charge in [0.05, 0.1) is 5.92 Å². The molecule has 3 nitrogen and oxygen atoms in total. The summed E-state index contributed by atoms with van der Waals surface area (Å²) >= 11 is 1.67. The van der Waals surface area contributed by atoms with E-state index in [1.54, 1.807) is 30.1 Å². The lowest BCUT2D eigenvalue weighted by molar-refractivity contribution is -0.123. The number of hydrogen-bond donors (Lipinski definition) is 1. The summed E-state index contributed by atoms with van der Waals surface area (Å²) in [6, 6.07) is 14.1. The van der Waals surface area contributed by atoms with Gasteiger partial charge in [0.2, 0.25) is 5.91 Å². The van der Waals surface area contributed by atoms with E-state index in [9.17, 15) is 9.18 Å². The lowest BCUT2D eigenvalue weighted by atomic mass is 9.81. The normalized spacial score (nSPS) is 20.7. The number of nitrogens with one attached hydrogen (secondary N) is 1. The van der Waals surface area contributed by atoms with Gasteiger partial charge in [0, 0.05) is 17.0 Å². The van der Waals surface area contributed by atoms with Crippen molar-refractivity contribution in [3.8, 4) is 0 Å². The highest BCUT2D eigenvalue weighted by Crippen LogP contribution is 2.34. The molecule has 1 aliphatic rings. The number of rotatable bonds is 3. The van der Waals surface area contributed by atoms with Gasteiger partial charge in [-0.1, -0.05) is 24.3 Å². The Hall–Kier alpha value is -2.14. The minimum atomic E-state index is -0.404. The van der Waals surface area contributed by atoms with Crippen molar-refractivity contribution in [2.75, 3.05) is 6.26 Å². The van der Waals surface area contributed by atoms with Crippen molar-refractivity contribution in [3.63, 3.8) is 0 Å². The maximum atomic E-state index is 13.1. The molecule has 2 unspecified atom stereocenters. The molecule has 1 aliphatic heterocycles. The first-order chi connectivity index (χ1) is 10.7. The van der Waals surface area contributed by atoms with E-state index in [1.165, 1.54) is 17.0 Å². The van der Waals surface area contributed by atoms with Crippen LogP contribution < -0.4 is 5.43 Å². The quantitative estimate of drug-likeness (QED) is 0.881. The number of benzene rings is 2. The summed E-state index contributed by atoms with van der Waals surface area (Å²) in [4.78, 5) is 13.4. The molecule has 2 atom stereocenters. The maximum absolute atomic E-state index is 13.1. The second-order valence-electron chi connectivity index (χ2n) is 5.08. The van der Waals surface area contributed by atoms with Crippen molar-refractivity contribution in [1.29, 1.82) is 0 Å². The Morgan fingerprint density at radius 2 is 1.68 bits per heavy atom. The Morgan fingerprint density at radius 3 is 2.32 bits per heavy atom. The Balaban J connectivity index is 1.98. The zero-order valence-corrected chi connectivity index (χ0v) is 12.8. The van der Waals surface area contributed by atoms with Crippen LogP contribution >= 0.6 is 11.8 Å². The van der Waals surface area contributed by atoms with Crippen LogP contribution in [-0.2, 0) is 4.79 Å². The van der Waals surface area contributed by atoms with Gasteiger partial charge in [-0.15, -0.1) is 11.8 Å². The highest BCUT2D eigenvalue weighted by molar-refractivity contribution is 7.98. The summed E-state index contributed by atoms with van der Waals surface area (Å²) < 4.78 is 13.1. The molecule has 0 saturated carbocycles. The van der Waals surface area contributed by atoms with Crippen LogP contribution in [0, 0.1) is 5.82 Å². The number of hydrogen-bond acceptors (Lipinski definition) is 3. The van der Waals surface area contributed by atoms with E-state index in [0.29, 0.717) is 0 Å². The van der Waals surface area contributed by atoms with Gasteiger partial charge in [-0.25, -0.2) is 9.82 Å². The molecule has 2 aromatic rings. The van der Waals surface area contributed by atoms with E-state index in [0.717, 1.165) is 11.1 Å². The molecule has 0 aromatic heterocycles. The minimum absolute atomic E-state index is 0.157. The molecule has 22 heavy (non-hydrogen) atoms. The number of halogens is 1. The van der Waals surface area contributed by atoms with Gasteiger partial charge in [-0.05, 0) is 41.6 Å². The van der Waals surface area contributed by atoms with E-state index in [1.807, 2.05) is 30.5 Å². The molecule has 0 spiro atoms. The van der Waals surface area contributed by atoms with Crippen LogP contribution in [0.5, 0.6) is 0 Å². The molecule has 5 heteroatoms. The van der Waals surface area contributed by atoms with Gasteiger partial charge in [0.25, 0.3) is 0 Å². The zero-order chi connectivity index (χ0) is 15.5. The van der Waals surface area contributed by atoms with Crippen LogP contribution in [0.1, 0.15) is 23.0 Å². The molecule has 1 N–H and O–H groups in total. The molecule has 0 fully saturated rings. The van der Waals surface area contributed by atoms with E-state index < -0.39 is 5.92 Å². The van der Waals surface area contributed by atoms with Crippen LogP contribution in [0.15, 0.2) is 58.5 Å². The third-order valence-electron chi connectivity index (χ3n) is 3.78. The van der Waals surface area contributed by atoms with Crippen molar-refractivity contribution in [3.05, 3.63) is 65.5 Å². The van der Waals surface area contributed by atoms with E-state index in [4.69, 9.17) is 0 Å². The fourth-order valence-electron chi connectivity index (χ4n) is 2.63. The highest BCUT2D eigenvalue weighted by atomic mass is 32.2. The minimum Gasteiger partial charge on any atom is -0.272 e. The average Bonchev–Trinajstić information content (AvgIpc) is 2.56. The van der Waals surface area contributed by atoms with E-state index in [-0.39, 0.29) is 17.6 Å². The summed E-state index contributed by atoms with van der Waals surface area (Å²) in [5.74, 6) is -1.05. The molecule has 1 heterocycles. The number of thioether (sulfide) groups is 1. The zero-order valence-electron chi connectivity index (χ0n) is 12.0. The maximum Gasteiger partial charge on any atom is 0.248 e. The lowest BCUT2D eigenvalue weighted by Gasteiger charge is -2.26. The summed E-state index contributed by atoms with van der Waals surface area (Å²) in [6.07, 6.45) is 3.76. The highest BCUT2D eigenvalue weighted by Gasteiger charge is 2.32. The number of nitrogens with zero attached hydrogens (tertiary/aromatic N) is 1. The Labute approximate surface area is 132 Å². The molecule has 0 saturated heterocycles.